The summed E-state index contributed by atoms with van der Waals surface area (Å²) in [5.74, 6) is -0.0237. The Morgan fingerprint density at radius 1 is 0.806 bits per heavy atom. The summed E-state index contributed by atoms with van der Waals surface area (Å²) >= 11 is 0. The highest BCUT2D eigenvalue weighted by Crippen LogP contribution is 2.15. The summed E-state index contributed by atoms with van der Waals surface area (Å²) < 4.78 is 0. The van der Waals surface area contributed by atoms with Crippen LogP contribution in [0, 0.1) is 5.92 Å². The number of hydrogen-bond donors (Lipinski definition) is 4. The molecule has 0 spiro atoms. The second kappa shape index (κ2) is 12.4. The lowest BCUT2D eigenvalue weighted by atomic mass is 10.1. The van der Waals surface area contributed by atoms with Crippen LogP contribution in [0.15, 0.2) is 48.5 Å². The van der Waals surface area contributed by atoms with Gasteiger partial charge in [-0.1, -0.05) is 27.2 Å². The summed E-state index contributed by atoms with van der Waals surface area (Å²) in [7, 11) is 0. The number of amides is 3. The van der Waals surface area contributed by atoms with Crippen molar-refractivity contribution in [2.24, 2.45) is 5.92 Å². The Kier molecular flexibility index (Phi) is 9.55. The lowest BCUT2D eigenvalue weighted by molar-refractivity contribution is -0.117. The van der Waals surface area contributed by atoms with Gasteiger partial charge in [0.1, 0.15) is 0 Å². The fourth-order valence-electron chi connectivity index (χ4n) is 2.83. The standard InChI is InChI=1S/C24H32N4O3/c1-4-5-14-25-24(31)18-6-8-20(9-7-18)28-23(30)16-26-19-10-12-21(13-11-19)27-22(29)15-17(2)3/h6-13,17,26H,4-5,14-16H2,1-3H3,(H,25,31)(H,27,29)(H,28,30). The van der Waals surface area contributed by atoms with Gasteiger partial charge in [-0.3, -0.25) is 14.4 Å². The van der Waals surface area contributed by atoms with E-state index in [1.807, 2.05) is 26.0 Å². The number of carbonyl (C=O) groups is 3. The van der Waals surface area contributed by atoms with E-state index in [2.05, 4.69) is 28.2 Å². The third kappa shape index (κ3) is 8.90. The molecule has 0 unspecified atom stereocenters. The van der Waals surface area contributed by atoms with E-state index in [1.54, 1.807) is 36.4 Å². The van der Waals surface area contributed by atoms with Gasteiger partial charge < -0.3 is 21.3 Å². The van der Waals surface area contributed by atoms with Crippen molar-refractivity contribution in [3.05, 3.63) is 54.1 Å². The van der Waals surface area contributed by atoms with Crippen molar-refractivity contribution in [1.29, 1.82) is 0 Å². The Bertz CT molecular complexity index is 861. The summed E-state index contributed by atoms with van der Waals surface area (Å²) in [5, 5.41) is 11.6. The average molecular weight is 425 g/mol. The monoisotopic (exact) mass is 424 g/mol. The van der Waals surface area contributed by atoms with E-state index in [1.165, 1.54) is 0 Å². The van der Waals surface area contributed by atoms with E-state index in [9.17, 15) is 14.4 Å². The normalized spacial score (nSPS) is 10.5. The molecular weight excluding hydrogens is 392 g/mol. The zero-order chi connectivity index (χ0) is 22.6. The first kappa shape index (κ1) is 23.9. The second-order valence-corrected chi connectivity index (χ2v) is 7.81. The van der Waals surface area contributed by atoms with Crippen molar-refractivity contribution in [3.8, 4) is 0 Å². The minimum absolute atomic E-state index is 0.0143. The maximum absolute atomic E-state index is 12.2. The van der Waals surface area contributed by atoms with Gasteiger partial charge in [0.25, 0.3) is 5.91 Å². The molecule has 7 heteroatoms. The van der Waals surface area contributed by atoms with Crippen LogP contribution in [0.1, 0.15) is 50.4 Å². The van der Waals surface area contributed by atoms with Gasteiger partial charge in [0.15, 0.2) is 0 Å². The van der Waals surface area contributed by atoms with Gasteiger partial charge in [-0.05, 0) is 60.9 Å². The maximum Gasteiger partial charge on any atom is 0.251 e. The highest BCUT2D eigenvalue weighted by Gasteiger charge is 2.07. The van der Waals surface area contributed by atoms with Crippen LogP contribution in [0.3, 0.4) is 0 Å². The average Bonchev–Trinajstić information content (AvgIpc) is 2.73. The van der Waals surface area contributed by atoms with E-state index >= 15 is 0 Å². The number of anilines is 3. The fourth-order valence-corrected chi connectivity index (χ4v) is 2.83. The molecule has 0 fully saturated rings. The van der Waals surface area contributed by atoms with Crippen LogP contribution in [0.5, 0.6) is 0 Å². The van der Waals surface area contributed by atoms with Crippen LogP contribution in [0.2, 0.25) is 0 Å². The molecule has 2 aromatic carbocycles. The van der Waals surface area contributed by atoms with Gasteiger partial charge in [0.05, 0.1) is 6.54 Å². The molecule has 0 saturated heterocycles. The third-order valence-corrected chi connectivity index (χ3v) is 4.46. The quantitative estimate of drug-likeness (QED) is 0.405. The van der Waals surface area contributed by atoms with Gasteiger partial charge in [-0.2, -0.15) is 0 Å². The van der Waals surface area contributed by atoms with Crippen LogP contribution in [0.25, 0.3) is 0 Å². The summed E-state index contributed by atoms with van der Waals surface area (Å²) in [6, 6.07) is 14.0. The predicted octanol–water partition coefficient (Wildman–Crippen LogP) is 4.25. The molecule has 0 atom stereocenters. The number of unbranched alkanes of at least 4 members (excludes halogenated alkanes) is 1. The molecule has 0 aromatic heterocycles. The molecule has 2 aromatic rings. The minimum Gasteiger partial charge on any atom is -0.376 e. The van der Waals surface area contributed by atoms with Crippen molar-refractivity contribution >= 4 is 34.8 Å². The predicted molar refractivity (Wildman–Crippen MR) is 125 cm³/mol. The molecule has 7 nitrogen and oxygen atoms in total. The molecule has 0 aliphatic rings. The van der Waals surface area contributed by atoms with Crippen LogP contribution >= 0.6 is 0 Å². The lowest BCUT2D eigenvalue weighted by Gasteiger charge is -2.10. The van der Waals surface area contributed by atoms with E-state index in [-0.39, 0.29) is 24.3 Å². The number of benzene rings is 2. The molecule has 4 N–H and O–H groups in total. The molecular formula is C24H32N4O3. The van der Waals surface area contributed by atoms with Gasteiger partial charge in [-0.25, -0.2) is 0 Å². The zero-order valence-electron chi connectivity index (χ0n) is 18.5. The third-order valence-electron chi connectivity index (χ3n) is 4.46. The Labute approximate surface area is 184 Å². The molecule has 0 heterocycles. The summed E-state index contributed by atoms with van der Waals surface area (Å²) in [6.45, 7) is 6.82. The topological polar surface area (TPSA) is 99.3 Å². The van der Waals surface area contributed by atoms with Crippen molar-refractivity contribution in [3.63, 3.8) is 0 Å². The van der Waals surface area contributed by atoms with Gasteiger partial charge in [0.2, 0.25) is 11.8 Å². The first-order valence-electron chi connectivity index (χ1n) is 10.7. The molecule has 0 bridgehead atoms. The van der Waals surface area contributed by atoms with Gasteiger partial charge >= 0.3 is 0 Å². The van der Waals surface area contributed by atoms with Crippen molar-refractivity contribution in [1.82, 2.24) is 5.32 Å². The zero-order valence-corrected chi connectivity index (χ0v) is 18.5. The van der Waals surface area contributed by atoms with Crippen LogP contribution < -0.4 is 21.3 Å². The Hall–Kier alpha value is -3.35. The van der Waals surface area contributed by atoms with Crippen LogP contribution in [-0.2, 0) is 9.59 Å². The van der Waals surface area contributed by atoms with Crippen LogP contribution in [0.4, 0.5) is 17.1 Å². The first-order valence-corrected chi connectivity index (χ1v) is 10.7. The molecule has 0 saturated carbocycles. The SMILES string of the molecule is CCCCNC(=O)c1ccc(NC(=O)CNc2ccc(NC(=O)CC(C)C)cc2)cc1. The molecule has 3 amide bonds. The summed E-state index contributed by atoms with van der Waals surface area (Å²) in [5.41, 5.74) is 2.68. The lowest BCUT2D eigenvalue weighted by Crippen LogP contribution is -2.24. The highest BCUT2D eigenvalue weighted by molar-refractivity contribution is 5.96. The molecule has 166 valence electrons. The van der Waals surface area contributed by atoms with E-state index in [4.69, 9.17) is 0 Å². The number of hydrogen-bond acceptors (Lipinski definition) is 4. The van der Waals surface area contributed by atoms with Crippen molar-refractivity contribution in [2.75, 3.05) is 29.0 Å². The van der Waals surface area contributed by atoms with E-state index in [0.29, 0.717) is 30.1 Å². The Balaban J connectivity index is 1.77. The Morgan fingerprint density at radius 3 is 1.94 bits per heavy atom. The van der Waals surface area contributed by atoms with Crippen molar-refractivity contribution < 1.29 is 14.4 Å². The largest absolute Gasteiger partial charge is 0.376 e. The number of nitrogens with one attached hydrogen (secondary N) is 4. The molecule has 0 aliphatic carbocycles. The van der Waals surface area contributed by atoms with E-state index < -0.39 is 0 Å². The summed E-state index contributed by atoms with van der Waals surface area (Å²) in [4.78, 5) is 36.0. The first-order chi connectivity index (χ1) is 14.9. The van der Waals surface area contributed by atoms with E-state index in [0.717, 1.165) is 24.2 Å². The smallest absolute Gasteiger partial charge is 0.251 e. The Morgan fingerprint density at radius 2 is 1.35 bits per heavy atom. The summed E-state index contributed by atoms with van der Waals surface area (Å²) in [6.07, 6.45) is 2.45. The second-order valence-electron chi connectivity index (χ2n) is 7.81. The molecule has 0 radical (unpaired) electrons. The number of rotatable bonds is 11. The molecule has 0 aliphatic heterocycles. The fraction of sp³-hybridized carbons (Fsp3) is 0.375. The van der Waals surface area contributed by atoms with Crippen LogP contribution in [-0.4, -0.2) is 30.8 Å². The highest BCUT2D eigenvalue weighted by atomic mass is 16.2. The van der Waals surface area contributed by atoms with Gasteiger partial charge in [0, 0.05) is 35.6 Å². The molecule has 2 rings (SSSR count). The molecule has 31 heavy (non-hydrogen) atoms. The van der Waals surface area contributed by atoms with Gasteiger partial charge in [-0.15, -0.1) is 0 Å². The maximum atomic E-state index is 12.2. The number of carbonyl (C=O) groups excluding carboxylic acids is 3. The van der Waals surface area contributed by atoms with Crippen molar-refractivity contribution in [2.45, 2.75) is 40.0 Å². The minimum atomic E-state index is -0.200.